The maximum atomic E-state index is 14.1. The third-order valence-corrected chi connectivity index (χ3v) is 3.18. The van der Waals surface area contributed by atoms with Crippen LogP contribution in [0.5, 0.6) is 0 Å². The number of para-hydroxylation sites is 1. The van der Waals surface area contributed by atoms with Crippen molar-refractivity contribution in [1.29, 1.82) is 0 Å². The highest BCUT2D eigenvalue weighted by Crippen LogP contribution is 2.29. The van der Waals surface area contributed by atoms with Gasteiger partial charge in [0.2, 0.25) is 0 Å². The van der Waals surface area contributed by atoms with Crippen LogP contribution in [-0.4, -0.2) is 33.9 Å². The second-order valence-corrected chi connectivity index (χ2v) is 4.26. The van der Waals surface area contributed by atoms with Gasteiger partial charge in [-0.05, 0) is 32.5 Å². The largest absolute Gasteiger partial charge is 0.383 e. The molecule has 0 radical (unpaired) electrons. The fourth-order valence-corrected chi connectivity index (χ4v) is 2.00. The summed E-state index contributed by atoms with van der Waals surface area (Å²) in [6, 6.07) is 5.35. The molecule has 1 aromatic carbocycles. The van der Waals surface area contributed by atoms with Crippen LogP contribution in [0.15, 0.2) is 18.2 Å². The first kappa shape index (κ1) is 14.9. The fraction of sp³-hybridized carbons (Fsp3) is 0.571. The molecule has 102 valence electrons. The zero-order valence-electron chi connectivity index (χ0n) is 11.7. The molecule has 1 atom stereocenters. The monoisotopic (exact) mass is 254 g/mol. The van der Waals surface area contributed by atoms with Gasteiger partial charge in [-0.2, -0.15) is 0 Å². The number of hydrogen-bond donors (Lipinski definition) is 1. The first-order valence-corrected chi connectivity index (χ1v) is 6.35. The third kappa shape index (κ3) is 3.43. The predicted molar refractivity (Wildman–Crippen MR) is 73.6 cm³/mol. The van der Waals surface area contributed by atoms with E-state index >= 15 is 0 Å². The molecule has 0 spiro atoms. The van der Waals surface area contributed by atoms with Crippen LogP contribution in [0.1, 0.15) is 25.5 Å². The molecular formula is C14H23FN2O. The van der Waals surface area contributed by atoms with Crippen LogP contribution in [0.2, 0.25) is 0 Å². The molecule has 4 heteroatoms. The van der Waals surface area contributed by atoms with Crippen molar-refractivity contribution in [2.24, 2.45) is 0 Å². The second kappa shape index (κ2) is 7.34. The van der Waals surface area contributed by atoms with E-state index in [1.165, 1.54) is 6.07 Å². The SMILES string of the molecule is CCN(CCOC)c1c(F)cccc1C(C)NC. The molecule has 0 fully saturated rings. The highest BCUT2D eigenvalue weighted by atomic mass is 19.1. The number of nitrogens with one attached hydrogen (secondary N) is 1. The van der Waals surface area contributed by atoms with Crippen molar-refractivity contribution in [3.05, 3.63) is 29.6 Å². The Balaban J connectivity index is 3.10. The van der Waals surface area contributed by atoms with Crippen molar-refractivity contribution in [2.45, 2.75) is 19.9 Å². The van der Waals surface area contributed by atoms with Gasteiger partial charge in [0, 0.05) is 26.2 Å². The Morgan fingerprint density at radius 2 is 2.17 bits per heavy atom. The van der Waals surface area contributed by atoms with E-state index < -0.39 is 0 Å². The first-order chi connectivity index (χ1) is 8.65. The van der Waals surface area contributed by atoms with Crippen LogP contribution in [0.4, 0.5) is 10.1 Å². The Morgan fingerprint density at radius 3 is 2.72 bits per heavy atom. The Hall–Kier alpha value is -1.13. The van der Waals surface area contributed by atoms with Crippen LogP contribution in [0.3, 0.4) is 0 Å². The van der Waals surface area contributed by atoms with Gasteiger partial charge in [-0.3, -0.25) is 0 Å². The van der Waals surface area contributed by atoms with Gasteiger partial charge >= 0.3 is 0 Å². The molecule has 0 aliphatic rings. The van der Waals surface area contributed by atoms with E-state index in [2.05, 4.69) is 5.32 Å². The lowest BCUT2D eigenvalue weighted by Crippen LogP contribution is -2.30. The Bertz CT molecular complexity index is 371. The number of rotatable bonds is 7. The van der Waals surface area contributed by atoms with Gasteiger partial charge in [0.05, 0.1) is 12.3 Å². The third-order valence-electron chi connectivity index (χ3n) is 3.18. The lowest BCUT2D eigenvalue weighted by atomic mass is 10.0. The Kier molecular flexibility index (Phi) is 6.09. The second-order valence-electron chi connectivity index (χ2n) is 4.26. The van der Waals surface area contributed by atoms with Crippen LogP contribution >= 0.6 is 0 Å². The van der Waals surface area contributed by atoms with Gasteiger partial charge in [-0.1, -0.05) is 12.1 Å². The summed E-state index contributed by atoms with van der Waals surface area (Å²) in [6.07, 6.45) is 0. The first-order valence-electron chi connectivity index (χ1n) is 6.35. The molecule has 0 aliphatic heterocycles. The van der Waals surface area contributed by atoms with Gasteiger partial charge in [0.1, 0.15) is 5.82 Å². The number of methoxy groups -OCH3 is 1. The average molecular weight is 254 g/mol. The molecule has 3 nitrogen and oxygen atoms in total. The molecule has 1 unspecified atom stereocenters. The van der Waals surface area contributed by atoms with Crippen LogP contribution < -0.4 is 10.2 Å². The molecular weight excluding hydrogens is 231 g/mol. The number of benzene rings is 1. The summed E-state index contributed by atoms with van der Waals surface area (Å²) in [5.41, 5.74) is 1.66. The summed E-state index contributed by atoms with van der Waals surface area (Å²) < 4.78 is 19.2. The average Bonchev–Trinajstić information content (AvgIpc) is 2.40. The van der Waals surface area contributed by atoms with Crippen molar-refractivity contribution in [2.75, 3.05) is 38.8 Å². The highest BCUT2D eigenvalue weighted by molar-refractivity contribution is 5.56. The van der Waals surface area contributed by atoms with E-state index in [9.17, 15) is 4.39 Å². The van der Waals surface area contributed by atoms with E-state index in [1.54, 1.807) is 13.2 Å². The van der Waals surface area contributed by atoms with E-state index in [4.69, 9.17) is 4.74 Å². The Labute approximate surface area is 109 Å². The molecule has 0 heterocycles. The minimum atomic E-state index is -0.174. The van der Waals surface area contributed by atoms with E-state index in [0.717, 1.165) is 12.1 Å². The predicted octanol–water partition coefficient (Wildman–Crippen LogP) is 2.58. The molecule has 0 aliphatic carbocycles. The van der Waals surface area contributed by atoms with Crippen LogP contribution in [0.25, 0.3) is 0 Å². The lowest BCUT2D eigenvalue weighted by molar-refractivity contribution is 0.205. The molecule has 0 amide bonds. The highest BCUT2D eigenvalue weighted by Gasteiger charge is 2.17. The van der Waals surface area contributed by atoms with Crippen molar-refractivity contribution in [3.63, 3.8) is 0 Å². The normalized spacial score (nSPS) is 12.5. The molecule has 0 saturated heterocycles. The van der Waals surface area contributed by atoms with Gasteiger partial charge in [-0.15, -0.1) is 0 Å². The van der Waals surface area contributed by atoms with Gasteiger partial charge < -0.3 is 15.0 Å². The topological polar surface area (TPSA) is 24.5 Å². The van der Waals surface area contributed by atoms with Crippen molar-refractivity contribution >= 4 is 5.69 Å². The van der Waals surface area contributed by atoms with Crippen molar-refractivity contribution < 1.29 is 9.13 Å². The summed E-state index contributed by atoms with van der Waals surface area (Å²) in [5.74, 6) is -0.174. The fourth-order valence-electron chi connectivity index (χ4n) is 2.00. The molecule has 0 bridgehead atoms. The van der Waals surface area contributed by atoms with Crippen molar-refractivity contribution in [3.8, 4) is 0 Å². The molecule has 18 heavy (non-hydrogen) atoms. The van der Waals surface area contributed by atoms with Gasteiger partial charge in [0.15, 0.2) is 0 Å². The summed E-state index contributed by atoms with van der Waals surface area (Å²) in [6.45, 7) is 6.10. The maximum Gasteiger partial charge on any atom is 0.146 e. The number of ether oxygens (including phenoxy) is 1. The Morgan fingerprint density at radius 1 is 1.44 bits per heavy atom. The zero-order valence-corrected chi connectivity index (χ0v) is 11.7. The minimum Gasteiger partial charge on any atom is -0.383 e. The summed E-state index contributed by atoms with van der Waals surface area (Å²) in [7, 11) is 3.54. The minimum absolute atomic E-state index is 0.118. The summed E-state index contributed by atoms with van der Waals surface area (Å²) >= 11 is 0. The molecule has 0 saturated carbocycles. The van der Waals surface area contributed by atoms with E-state index in [1.807, 2.05) is 31.9 Å². The number of halogens is 1. The maximum absolute atomic E-state index is 14.1. The lowest BCUT2D eigenvalue weighted by Gasteiger charge is -2.28. The summed E-state index contributed by atoms with van der Waals surface area (Å²) in [5, 5.41) is 3.16. The van der Waals surface area contributed by atoms with Crippen molar-refractivity contribution in [1.82, 2.24) is 5.32 Å². The van der Waals surface area contributed by atoms with Crippen LogP contribution in [0, 0.1) is 5.82 Å². The van der Waals surface area contributed by atoms with E-state index in [-0.39, 0.29) is 11.9 Å². The number of likely N-dealkylation sites (N-methyl/N-ethyl adjacent to an activating group) is 1. The quantitative estimate of drug-likeness (QED) is 0.809. The van der Waals surface area contributed by atoms with Crippen LogP contribution in [-0.2, 0) is 4.74 Å². The molecule has 1 rings (SSSR count). The van der Waals surface area contributed by atoms with E-state index in [0.29, 0.717) is 18.8 Å². The molecule has 0 aromatic heterocycles. The standard InChI is InChI=1S/C14H23FN2O/c1-5-17(9-10-18-4)14-12(11(2)16-3)7-6-8-13(14)15/h6-8,11,16H,5,9-10H2,1-4H3. The van der Waals surface area contributed by atoms with Gasteiger partial charge in [-0.25, -0.2) is 4.39 Å². The number of nitrogens with zero attached hydrogens (tertiary/aromatic N) is 1. The summed E-state index contributed by atoms with van der Waals surface area (Å²) in [4.78, 5) is 2.02. The molecule has 1 N–H and O–H groups in total. The smallest absolute Gasteiger partial charge is 0.146 e. The molecule has 1 aromatic rings. The van der Waals surface area contributed by atoms with Gasteiger partial charge in [0.25, 0.3) is 0 Å². The number of anilines is 1. The number of hydrogen-bond acceptors (Lipinski definition) is 3. The zero-order chi connectivity index (χ0) is 13.5.